The van der Waals surface area contributed by atoms with Gasteiger partial charge in [-0.2, -0.15) is 0 Å². The van der Waals surface area contributed by atoms with E-state index in [0.29, 0.717) is 18.8 Å². The SMILES string of the molecule is NC(=O)c1cnc2ccccc2c1-c1c(F)c(F)c(N2CCN([C@H]3CCOc4ccccc43)C(=O)C2)c(F)c1F. The lowest BCUT2D eigenvalue weighted by molar-refractivity contribution is -0.134. The highest BCUT2D eigenvalue weighted by molar-refractivity contribution is 6.08. The van der Waals surface area contributed by atoms with Gasteiger partial charge in [-0.3, -0.25) is 14.6 Å². The summed E-state index contributed by atoms with van der Waals surface area (Å²) in [6, 6.07) is 13.1. The van der Waals surface area contributed by atoms with Gasteiger partial charge in [0.1, 0.15) is 11.4 Å². The van der Waals surface area contributed by atoms with Crippen molar-refractivity contribution in [3.05, 3.63) is 89.1 Å². The van der Waals surface area contributed by atoms with Gasteiger partial charge in [-0.1, -0.05) is 36.4 Å². The number of hydrogen-bond donors (Lipinski definition) is 1. The fraction of sp³-hybridized carbons (Fsp3) is 0.207. The topological polar surface area (TPSA) is 88.8 Å². The second-order valence-electron chi connectivity index (χ2n) is 9.61. The molecule has 4 aromatic rings. The largest absolute Gasteiger partial charge is 0.493 e. The van der Waals surface area contributed by atoms with E-state index in [2.05, 4.69) is 4.98 Å². The molecule has 0 saturated carbocycles. The van der Waals surface area contributed by atoms with Gasteiger partial charge in [-0.25, -0.2) is 17.6 Å². The molecule has 11 heteroatoms. The first kappa shape index (κ1) is 25.6. The summed E-state index contributed by atoms with van der Waals surface area (Å²) in [6.07, 6.45) is 1.54. The zero-order chi connectivity index (χ0) is 28.1. The average molecular weight is 551 g/mol. The Balaban J connectivity index is 1.39. The summed E-state index contributed by atoms with van der Waals surface area (Å²) in [7, 11) is 0. The highest BCUT2D eigenvalue weighted by atomic mass is 19.2. The first-order chi connectivity index (χ1) is 19.3. The summed E-state index contributed by atoms with van der Waals surface area (Å²) in [5, 5.41) is 0.0867. The highest BCUT2D eigenvalue weighted by Gasteiger charge is 2.38. The Morgan fingerprint density at radius 2 is 1.62 bits per heavy atom. The molecule has 6 rings (SSSR count). The molecule has 0 unspecified atom stereocenters. The number of primary amides is 1. The van der Waals surface area contributed by atoms with E-state index in [-0.39, 0.29) is 30.0 Å². The first-order valence-electron chi connectivity index (χ1n) is 12.6. The van der Waals surface area contributed by atoms with E-state index >= 15 is 17.6 Å². The van der Waals surface area contributed by atoms with Crippen LogP contribution in [0.15, 0.2) is 54.7 Å². The Labute approximate surface area is 225 Å². The number of anilines is 1. The number of para-hydroxylation sites is 2. The summed E-state index contributed by atoms with van der Waals surface area (Å²) >= 11 is 0. The molecular weight excluding hydrogens is 528 g/mol. The summed E-state index contributed by atoms with van der Waals surface area (Å²) in [4.78, 5) is 31.9. The van der Waals surface area contributed by atoms with Crippen LogP contribution in [0, 0.1) is 23.3 Å². The normalized spacial score (nSPS) is 17.1. The Kier molecular flexibility index (Phi) is 6.28. The lowest BCUT2D eigenvalue weighted by Gasteiger charge is -2.41. The number of fused-ring (bicyclic) bond motifs is 2. The summed E-state index contributed by atoms with van der Waals surface area (Å²) < 4.78 is 68.1. The van der Waals surface area contributed by atoms with Crippen molar-refractivity contribution >= 4 is 28.4 Å². The van der Waals surface area contributed by atoms with E-state index in [0.717, 1.165) is 16.7 Å². The molecule has 2 N–H and O–H groups in total. The number of carbonyl (C=O) groups is 2. The van der Waals surface area contributed by atoms with Gasteiger partial charge in [0.15, 0.2) is 23.3 Å². The van der Waals surface area contributed by atoms with Crippen LogP contribution in [0.2, 0.25) is 0 Å². The van der Waals surface area contributed by atoms with Crippen LogP contribution in [-0.2, 0) is 4.79 Å². The van der Waals surface area contributed by atoms with Crippen molar-refractivity contribution in [1.29, 1.82) is 0 Å². The number of pyridine rings is 1. The predicted octanol–water partition coefficient (Wildman–Crippen LogP) is 4.73. The number of nitrogens with zero attached hydrogens (tertiary/aromatic N) is 3. The van der Waals surface area contributed by atoms with E-state index in [1.807, 2.05) is 18.2 Å². The Bertz CT molecular complexity index is 1670. The van der Waals surface area contributed by atoms with Crippen molar-refractivity contribution in [1.82, 2.24) is 9.88 Å². The minimum Gasteiger partial charge on any atom is -0.493 e. The Morgan fingerprint density at radius 3 is 2.35 bits per heavy atom. The average Bonchev–Trinajstić information content (AvgIpc) is 2.96. The molecule has 1 saturated heterocycles. The third-order valence-electron chi connectivity index (χ3n) is 7.41. The molecule has 204 valence electrons. The van der Waals surface area contributed by atoms with Crippen LogP contribution in [-0.4, -0.2) is 47.9 Å². The number of amides is 2. The lowest BCUT2D eigenvalue weighted by Crippen LogP contribution is -2.52. The molecule has 2 amide bonds. The highest BCUT2D eigenvalue weighted by Crippen LogP contribution is 2.41. The third-order valence-corrected chi connectivity index (χ3v) is 7.41. The number of piperazine rings is 1. The second-order valence-corrected chi connectivity index (χ2v) is 9.61. The molecule has 3 aromatic carbocycles. The number of benzene rings is 3. The maximum atomic E-state index is 15.7. The van der Waals surface area contributed by atoms with Crippen LogP contribution < -0.4 is 15.4 Å². The Hall–Kier alpha value is -4.67. The number of aromatic nitrogens is 1. The molecule has 2 aliphatic rings. The number of ether oxygens (including phenoxy) is 1. The van der Waals surface area contributed by atoms with Gasteiger partial charge in [0.2, 0.25) is 5.91 Å². The molecule has 7 nitrogen and oxygen atoms in total. The maximum absolute atomic E-state index is 15.7. The van der Waals surface area contributed by atoms with Crippen LogP contribution in [0.5, 0.6) is 5.75 Å². The van der Waals surface area contributed by atoms with E-state index < -0.39 is 64.0 Å². The van der Waals surface area contributed by atoms with E-state index in [4.69, 9.17) is 10.5 Å². The lowest BCUT2D eigenvalue weighted by atomic mass is 9.94. The van der Waals surface area contributed by atoms with Crippen molar-refractivity contribution in [2.75, 3.05) is 31.1 Å². The van der Waals surface area contributed by atoms with Crippen molar-refractivity contribution in [3.8, 4) is 16.9 Å². The Morgan fingerprint density at radius 1 is 0.925 bits per heavy atom. The molecule has 40 heavy (non-hydrogen) atoms. The molecule has 0 aliphatic carbocycles. The van der Waals surface area contributed by atoms with Crippen LogP contribution >= 0.6 is 0 Å². The molecule has 1 aromatic heterocycles. The number of hydrogen-bond acceptors (Lipinski definition) is 5. The number of rotatable bonds is 4. The smallest absolute Gasteiger partial charge is 0.250 e. The monoisotopic (exact) mass is 550 g/mol. The van der Waals surface area contributed by atoms with Crippen molar-refractivity contribution in [2.45, 2.75) is 12.5 Å². The molecule has 3 heterocycles. The van der Waals surface area contributed by atoms with Gasteiger partial charge in [0, 0.05) is 42.2 Å². The van der Waals surface area contributed by atoms with Crippen LogP contribution in [0.4, 0.5) is 23.2 Å². The standard InChI is InChI=1S/C29H22F4N4O3/c30-24-23(22-15-5-1-3-7-18(15)35-13-17(22)29(34)39)25(31)27(33)28(26(24)32)36-10-11-37(21(38)14-36)19-9-12-40-20-8-4-2-6-16(19)20/h1-8,13,19H,9-12,14H2,(H2,34,39)/t19-/m0/s1. The summed E-state index contributed by atoms with van der Waals surface area (Å²) in [6.45, 7) is -0.0891. The van der Waals surface area contributed by atoms with E-state index in [9.17, 15) is 9.59 Å². The van der Waals surface area contributed by atoms with Gasteiger partial charge in [0.25, 0.3) is 5.91 Å². The van der Waals surface area contributed by atoms with Gasteiger partial charge in [-0.05, 0) is 12.1 Å². The molecular formula is C29H22F4N4O3. The molecule has 0 spiro atoms. The molecule has 1 fully saturated rings. The number of carbonyl (C=O) groups excluding carboxylic acids is 2. The van der Waals surface area contributed by atoms with Crippen molar-refractivity contribution in [2.24, 2.45) is 5.73 Å². The van der Waals surface area contributed by atoms with Crippen LogP contribution in [0.3, 0.4) is 0 Å². The van der Waals surface area contributed by atoms with Gasteiger partial charge in [0.05, 0.1) is 35.8 Å². The summed E-state index contributed by atoms with van der Waals surface area (Å²) in [5.74, 6) is -7.64. The van der Waals surface area contributed by atoms with Gasteiger partial charge >= 0.3 is 0 Å². The number of nitrogens with two attached hydrogens (primary N) is 1. The van der Waals surface area contributed by atoms with E-state index in [1.54, 1.807) is 17.0 Å². The molecule has 0 bridgehead atoms. The quantitative estimate of drug-likeness (QED) is 0.293. The summed E-state index contributed by atoms with van der Waals surface area (Å²) in [5.41, 5.74) is 3.61. The first-order valence-corrected chi connectivity index (χ1v) is 12.6. The van der Waals surface area contributed by atoms with Gasteiger partial charge in [-0.15, -0.1) is 0 Å². The second kappa shape index (κ2) is 9.82. The molecule has 2 aliphatic heterocycles. The minimum absolute atomic E-state index is 0.0674. The fourth-order valence-electron chi connectivity index (χ4n) is 5.57. The van der Waals surface area contributed by atoms with E-state index in [1.165, 1.54) is 18.2 Å². The zero-order valence-electron chi connectivity index (χ0n) is 21.0. The van der Waals surface area contributed by atoms with Gasteiger partial charge < -0.3 is 20.3 Å². The molecule has 1 atom stereocenters. The minimum atomic E-state index is -1.71. The van der Waals surface area contributed by atoms with Crippen molar-refractivity contribution < 1.29 is 31.9 Å². The number of halogens is 4. The van der Waals surface area contributed by atoms with Crippen LogP contribution in [0.1, 0.15) is 28.4 Å². The molecule has 0 radical (unpaired) electrons. The fourth-order valence-corrected chi connectivity index (χ4v) is 5.57. The predicted molar refractivity (Wildman–Crippen MR) is 139 cm³/mol. The third kappa shape index (κ3) is 4.00. The van der Waals surface area contributed by atoms with Crippen LogP contribution in [0.25, 0.3) is 22.0 Å². The maximum Gasteiger partial charge on any atom is 0.250 e. The zero-order valence-corrected chi connectivity index (χ0v) is 21.0. The van der Waals surface area contributed by atoms with Crippen molar-refractivity contribution in [3.63, 3.8) is 0 Å².